The average molecular weight is 755 g/mol. The molecule has 0 radical (unpaired) electrons. The van der Waals surface area contributed by atoms with Crippen LogP contribution in [0.2, 0.25) is 0 Å². The fraction of sp³-hybridized carbons (Fsp3) is 0.444. The van der Waals surface area contributed by atoms with Gasteiger partial charge in [-0.15, -0.1) is 0 Å². The zero-order valence-electron chi connectivity index (χ0n) is 30.4. The molecule has 6 atom stereocenters. The molecule has 294 valence electrons. The van der Waals surface area contributed by atoms with E-state index in [9.17, 15) is 48.6 Å². The van der Waals surface area contributed by atoms with Gasteiger partial charge in [-0.2, -0.15) is 0 Å². The summed E-state index contributed by atoms with van der Waals surface area (Å²) in [5, 5.41) is 33.7. The average Bonchev–Trinajstić information content (AvgIpc) is 3.13. The van der Waals surface area contributed by atoms with Crippen LogP contribution in [0.15, 0.2) is 60.7 Å². The Morgan fingerprint density at radius 3 is 1.69 bits per heavy atom. The third-order valence-electron chi connectivity index (χ3n) is 8.10. The van der Waals surface area contributed by atoms with E-state index in [1.54, 1.807) is 68.4 Å². The van der Waals surface area contributed by atoms with E-state index >= 15 is 0 Å². The normalized spacial score (nSPS) is 14.2. The van der Waals surface area contributed by atoms with Crippen molar-refractivity contribution in [1.29, 1.82) is 0 Å². The number of nitrogens with two attached hydrogens (primary N) is 2. The summed E-state index contributed by atoms with van der Waals surface area (Å²) < 4.78 is 0. The van der Waals surface area contributed by atoms with E-state index in [1.807, 2.05) is 6.07 Å². The lowest BCUT2D eigenvalue weighted by atomic mass is 10.0. The van der Waals surface area contributed by atoms with Crippen molar-refractivity contribution in [2.75, 3.05) is 13.2 Å². The molecule has 0 aliphatic heterocycles. The quantitative estimate of drug-likeness (QED) is 0.0593. The number of aliphatic hydroxyl groups is 1. The molecule has 0 heterocycles. The highest BCUT2D eigenvalue weighted by Gasteiger charge is 2.32. The van der Waals surface area contributed by atoms with E-state index < -0.39 is 103 Å². The molecule has 0 saturated carbocycles. The van der Waals surface area contributed by atoms with Crippen molar-refractivity contribution in [3.05, 3.63) is 71.8 Å². The highest BCUT2D eigenvalue weighted by atomic mass is 16.4. The molecule has 0 saturated heterocycles. The number of carboxylic acid groups (broad SMARTS) is 1. The first-order chi connectivity index (χ1) is 25.5. The summed E-state index contributed by atoms with van der Waals surface area (Å²) in [5.41, 5.74) is 12.6. The lowest BCUT2D eigenvalue weighted by Gasteiger charge is -2.26. The number of nitrogens with one attached hydrogen (secondary N) is 6. The monoisotopic (exact) mass is 754 g/mol. The van der Waals surface area contributed by atoms with Crippen molar-refractivity contribution in [2.45, 2.75) is 82.7 Å². The van der Waals surface area contributed by atoms with Crippen LogP contribution in [0.4, 0.5) is 0 Å². The molecule has 0 aromatic heterocycles. The Morgan fingerprint density at radius 2 is 1.17 bits per heavy atom. The maximum absolute atomic E-state index is 13.3. The first kappa shape index (κ1) is 44.3. The fourth-order valence-electron chi connectivity index (χ4n) is 5.03. The second-order valence-electron chi connectivity index (χ2n) is 12.9. The van der Waals surface area contributed by atoms with E-state index in [-0.39, 0.29) is 25.7 Å². The van der Waals surface area contributed by atoms with Gasteiger partial charge in [-0.3, -0.25) is 33.6 Å². The van der Waals surface area contributed by atoms with Gasteiger partial charge in [-0.1, -0.05) is 74.5 Å². The van der Waals surface area contributed by atoms with Gasteiger partial charge in [0.25, 0.3) is 0 Å². The molecule has 0 aliphatic carbocycles. The van der Waals surface area contributed by atoms with Crippen LogP contribution in [0.5, 0.6) is 0 Å². The van der Waals surface area contributed by atoms with Crippen LogP contribution in [-0.4, -0.2) is 107 Å². The second-order valence-corrected chi connectivity index (χ2v) is 12.9. The number of hydrogen-bond acceptors (Lipinski definition) is 10. The maximum atomic E-state index is 13.3. The summed E-state index contributed by atoms with van der Waals surface area (Å²) in [4.78, 5) is 101. The first-order valence-corrected chi connectivity index (χ1v) is 17.3. The van der Waals surface area contributed by atoms with E-state index in [0.717, 1.165) is 5.56 Å². The van der Waals surface area contributed by atoms with Crippen LogP contribution < -0.4 is 43.4 Å². The number of aliphatic hydroxyl groups excluding tert-OH is 1. The smallest absolute Gasteiger partial charge is 0.326 e. The van der Waals surface area contributed by atoms with Gasteiger partial charge >= 0.3 is 5.97 Å². The summed E-state index contributed by atoms with van der Waals surface area (Å²) >= 11 is 0. The second kappa shape index (κ2) is 22.2. The van der Waals surface area contributed by atoms with Crippen molar-refractivity contribution < 1.29 is 48.6 Å². The van der Waals surface area contributed by atoms with Crippen LogP contribution in [0.25, 0.3) is 0 Å². The predicted molar refractivity (Wildman–Crippen MR) is 195 cm³/mol. The van der Waals surface area contributed by atoms with Crippen LogP contribution in [0.3, 0.4) is 0 Å². The summed E-state index contributed by atoms with van der Waals surface area (Å²) in [6.45, 7) is 3.02. The Morgan fingerprint density at radius 1 is 0.648 bits per heavy atom. The molecule has 0 fully saturated rings. The van der Waals surface area contributed by atoms with Gasteiger partial charge in [0, 0.05) is 12.8 Å². The number of primary amides is 1. The van der Waals surface area contributed by atoms with Crippen LogP contribution in [-0.2, 0) is 51.2 Å². The van der Waals surface area contributed by atoms with Gasteiger partial charge in [0.1, 0.15) is 30.2 Å². The molecule has 54 heavy (non-hydrogen) atoms. The van der Waals surface area contributed by atoms with E-state index in [1.165, 1.54) is 6.92 Å². The number of carbonyl (C=O) groups is 8. The van der Waals surface area contributed by atoms with Gasteiger partial charge in [-0.25, -0.2) is 4.79 Å². The summed E-state index contributed by atoms with van der Waals surface area (Å²) in [5.74, 6) is -7.61. The van der Waals surface area contributed by atoms with Gasteiger partial charge in [0.05, 0.1) is 19.2 Å². The van der Waals surface area contributed by atoms with Crippen LogP contribution >= 0.6 is 0 Å². The number of amides is 7. The summed E-state index contributed by atoms with van der Waals surface area (Å²) in [6, 6.07) is 9.72. The summed E-state index contributed by atoms with van der Waals surface area (Å²) in [6.07, 6.45) is -0.503. The van der Waals surface area contributed by atoms with Gasteiger partial charge in [0.15, 0.2) is 0 Å². The SMILES string of the molecule is CC(C)[C@H](NC(=O)[C@H](Cc1ccccc1)NC(=O)[C@H](C)NC(=O)[C@H](CCC(N)=O)NC(=O)[C@H](CO)NC(=O)CNC(=O)[C@@H](N)Cc1ccccc1)C(=O)O. The van der Waals surface area contributed by atoms with Crippen molar-refractivity contribution in [2.24, 2.45) is 17.4 Å². The summed E-state index contributed by atoms with van der Waals surface area (Å²) in [7, 11) is 0. The van der Waals surface area contributed by atoms with Crippen molar-refractivity contribution >= 4 is 47.3 Å². The predicted octanol–water partition coefficient (Wildman–Crippen LogP) is -2.64. The fourth-order valence-corrected chi connectivity index (χ4v) is 5.03. The lowest BCUT2D eigenvalue weighted by molar-refractivity contribution is -0.143. The van der Waals surface area contributed by atoms with Crippen LogP contribution in [0, 0.1) is 5.92 Å². The Labute approximate surface area is 312 Å². The Balaban J connectivity index is 2.07. The minimum atomic E-state index is -1.59. The minimum absolute atomic E-state index is 0.0146. The molecule has 0 aliphatic rings. The Bertz CT molecular complexity index is 1610. The number of benzene rings is 2. The molecule has 2 aromatic carbocycles. The minimum Gasteiger partial charge on any atom is -0.480 e. The number of carboxylic acids is 1. The molecule has 12 N–H and O–H groups in total. The largest absolute Gasteiger partial charge is 0.480 e. The number of rotatable bonds is 22. The molecule has 0 unspecified atom stereocenters. The Kier molecular flexibility index (Phi) is 18.2. The van der Waals surface area contributed by atoms with Crippen molar-refractivity contribution in [3.63, 3.8) is 0 Å². The molecule has 0 bridgehead atoms. The standard InChI is InChI=1S/C36H50N8O10/c1-20(2)30(36(53)54)44-34(51)26(17-23-12-8-5-9-13-23)43-31(48)21(3)40-33(50)25(14-15-28(38)46)42-35(52)27(19-45)41-29(47)18-39-32(49)24(37)16-22-10-6-4-7-11-22/h4-13,20-21,24-27,30,45H,14-19,37H2,1-3H3,(H2,38,46)(H,39,49)(H,40,50)(H,41,47)(H,42,52)(H,43,48)(H,44,51)(H,53,54)/t21-,24-,25-,26-,27-,30-/m0/s1. The number of hydrogen-bond donors (Lipinski definition) is 10. The van der Waals surface area contributed by atoms with Crippen molar-refractivity contribution in [3.8, 4) is 0 Å². The van der Waals surface area contributed by atoms with Gasteiger partial charge in [-0.05, 0) is 36.8 Å². The molecule has 18 heteroatoms. The van der Waals surface area contributed by atoms with E-state index in [2.05, 4.69) is 31.9 Å². The van der Waals surface area contributed by atoms with Gasteiger partial charge < -0.3 is 53.6 Å². The zero-order chi connectivity index (χ0) is 40.4. The molecular weight excluding hydrogens is 704 g/mol. The van der Waals surface area contributed by atoms with Crippen LogP contribution in [0.1, 0.15) is 44.7 Å². The molecule has 7 amide bonds. The lowest BCUT2D eigenvalue weighted by Crippen LogP contribution is -2.59. The molecule has 0 spiro atoms. The van der Waals surface area contributed by atoms with Crippen molar-refractivity contribution in [1.82, 2.24) is 31.9 Å². The molecule has 2 aromatic rings. The molecule has 18 nitrogen and oxygen atoms in total. The number of aliphatic carboxylic acids is 1. The molecular formula is C36H50N8O10. The van der Waals surface area contributed by atoms with E-state index in [4.69, 9.17) is 11.5 Å². The Hall–Kier alpha value is -5.88. The third-order valence-corrected chi connectivity index (χ3v) is 8.10. The van der Waals surface area contributed by atoms with E-state index in [0.29, 0.717) is 5.56 Å². The number of carbonyl (C=O) groups excluding carboxylic acids is 7. The zero-order valence-corrected chi connectivity index (χ0v) is 30.4. The maximum Gasteiger partial charge on any atom is 0.326 e. The molecule has 2 rings (SSSR count). The third kappa shape index (κ3) is 15.4. The topological polar surface area (TPSA) is 301 Å². The van der Waals surface area contributed by atoms with Gasteiger partial charge in [0.2, 0.25) is 41.4 Å². The first-order valence-electron chi connectivity index (χ1n) is 17.3. The highest BCUT2D eigenvalue weighted by Crippen LogP contribution is 2.08. The highest BCUT2D eigenvalue weighted by molar-refractivity contribution is 5.96.